The minimum atomic E-state index is -0.806. The Labute approximate surface area is 253 Å². The maximum Gasteiger partial charge on any atom is 0.334 e. The lowest BCUT2D eigenvalue weighted by Crippen LogP contribution is -2.76. The fourth-order valence-corrected chi connectivity index (χ4v) is 5.93. The van der Waals surface area contributed by atoms with Crippen LogP contribution in [0, 0.1) is 0 Å². The number of carbonyl (C=O) groups excluding carboxylic acids is 3. The maximum absolute atomic E-state index is 14.1. The molecular weight excluding hydrogens is 544 g/mol. The molecular formula is C33H40N6O4. The number of benzene rings is 3. The molecule has 0 bridgehead atoms. The summed E-state index contributed by atoms with van der Waals surface area (Å²) in [5.74, 6) is -0.248. The molecule has 5 rings (SSSR count). The second kappa shape index (κ2) is 13.2. The van der Waals surface area contributed by atoms with Crippen molar-refractivity contribution in [1.82, 2.24) is 25.1 Å². The molecule has 10 heteroatoms. The van der Waals surface area contributed by atoms with Gasteiger partial charge in [-0.2, -0.15) is 0 Å². The lowest BCUT2D eigenvalue weighted by molar-refractivity contribution is -0.187. The highest BCUT2D eigenvalue weighted by molar-refractivity contribution is 5.91. The van der Waals surface area contributed by atoms with Gasteiger partial charge in [-0.15, -0.1) is 0 Å². The van der Waals surface area contributed by atoms with Crippen LogP contribution in [0.15, 0.2) is 78.9 Å². The van der Waals surface area contributed by atoms with E-state index in [2.05, 4.69) is 36.3 Å². The number of likely N-dealkylation sites (N-methyl/N-ethyl adjacent to an activating group) is 1. The summed E-state index contributed by atoms with van der Waals surface area (Å²) >= 11 is 0. The number of piperazine rings is 1. The van der Waals surface area contributed by atoms with Crippen molar-refractivity contribution in [2.75, 3.05) is 38.6 Å². The molecule has 2 fully saturated rings. The van der Waals surface area contributed by atoms with Gasteiger partial charge in [0.25, 0.3) is 0 Å². The summed E-state index contributed by atoms with van der Waals surface area (Å²) in [5, 5.41) is 16.0. The van der Waals surface area contributed by atoms with Gasteiger partial charge in [0.05, 0.1) is 13.1 Å². The Morgan fingerprint density at radius 3 is 2.42 bits per heavy atom. The van der Waals surface area contributed by atoms with Gasteiger partial charge in [-0.3, -0.25) is 9.59 Å². The number of hydrogen-bond donors (Lipinski definition) is 2. The average molecular weight is 585 g/mol. The van der Waals surface area contributed by atoms with Crippen LogP contribution in [0.5, 0.6) is 5.75 Å². The Hall–Kier alpha value is -4.57. The number of carbonyl (C=O) groups is 3. The van der Waals surface area contributed by atoms with Gasteiger partial charge in [0.1, 0.15) is 18.0 Å². The van der Waals surface area contributed by atoms with Gasteiger partial charge in [0.15, 0.2) is 0 Å². The van der Waals surface area contributed by atoms with Gasteiger partial charge < -0.3 is 25.1 Å². The second-order valence-electron chi connectivity index (χ2n) is 11.3. The number of hydrazine groups is 1. The lowest BCUT2D eigenvalue weighted by atomic mass is 9.98. The van der Waals surface area contributed by atoms with Crippen molar-refractivity contribution in [1.29, 1.82) is 0 Å². The molecule has 0 saturated carbocycles. The molecule has 3 aromatic carbocycles. The normalized spacial score (nSPS) is 18.9. The van der Waals surface area contributed by atoms with Gasteiger partial charge in [-0.05, 0) is 47.4 Å². The highest BCUT2D eigenvalue weighted by Crippen LogP contribution is 2.29. The first-order chi connectivity index (χ1) is 20.7. The van der Waals surface area contributed by atoms with Crippen LogP contribution in [0.25, 0.3) is 0 Å². The Morgan fingerprint density at radius 1 is 0.977 bits per heavy atom. The van der Waals surface area contributed by atoms with Gasteiger partial charge >= 0.3 is 6.03 Å². The fraction of sp³-hybridized carbons (Fsp3) is 0.364. The fourth-order valence-electron chi connectivity index (χ4n) is 5.93. The van der Waals surface area contributed by atoms with E-state index in [1.54, 1.807) is 51.1 Å². The van der Waals surface area contributed by atoms with E-state index < -0.39 is 12.2 Å². The van der Waals surface area contributed by atoms with Crippen LogP contribution in [0.1, 0.15) is 30.0 Å². The Kier molecular flexibility index (Phi) is 9.16. The molecule has 2 N–H and O–H groups in total. The molecule has 4 amide bonds. The Balaban J connectivity index is 1.45. The third kappa shape index (κ3) is 6.75. The Bertz CT molecular complexity index is 1430. The molecule has 3 aromatic rings. The summed E-state index contributed by atoms with van der Waals surface area (Å²) in [7, 11) is 3.77. The largest absolute Gasteiger partial charge is 0.508 e. The monoisotopic (exact) mass is 584 g/mol. The molecule has 226 valence electrons. The summed E-state index contributed by atoms with van der Waals surface area (Å²) in [4.78, 5) is 46.9. The summed E-state index contributed by atoms with van der Waals surface area (Å²) < 4.78 is 0. The predicted molar refractivity (Wildman–Crippen MR) is 165 cm³/mol. The van der Waals surface area contributed by atoms with Crippen LogP contribution in [0.2, 0.25) is 0 Å². The summed E-state index contributed by atoms with van der Waals surface area (Å²) in [5.41, 5.74) is 3.82. The number of hydrogen-bond acceptors (Lipinski definition) is 6. The number of amides is 4. The van der Waals surface area contributed by atoms with Crippen molar-refractivity contribution < 1.29 is 19.5 Å². The van der Waals surface area contributed by atoms with E-state index in [0.717, 1.165) is 35.3 Å². The van der Waals surface area contributed by atoms with Crippen LogP contribution in [-0.2, 0) is 29.1 Å². The van der Waals surface area contributed by atoms with E-state index in [4.69, 9.17) is 0 Å². The van der Waals surface area contributed by atoms with Crippen molar-refractivity contribution >= 4 is 23.5 Å². The molecule has 2 saturated heterocycles. The smallest absolute Gasteiger partial charge is 0.334 e. The van der Waals surface area contributed by atoms with Gasteiger partial charge in [-0.1, -0.05) is 61.5 Å². The number of aromatic hydroxyl groups is 1. The second-order valence-corrected chi connectivity index (χ2v) is 11.3. The van der Waals surface area contributed by atoms with Crippen molar-refractivity contribution in [2.45, 2.75) is 45.1 Å². The van der Waals surface area contributed by atoms with E-state index >= 15 is 0 Å². The van der Waals surface area contributed by atoms with Crippen molar-refractivity contribution in [3.63, 3.8) is 0 Å². The number of fused-ring (bicyclic) bond motifs is 1. The first-order valence-corrected chi connectivity index (χ1v) is 14.7. The molecule has 2 heterocycles. The number of urea groups is 1. The molecule has 2 atom stereocenters. The average Bonchev–Trinajstić information content (AvgIpc) is 3.00. The molecule has 2 aliphatic rings. The minimum Gasteiger partial charge on any atom is -0.508 e. The quantitative estimate of drug-likeness (QED) is 0.400. The van der Waals surface area contributed by atoms with Gasteiger partial charge in [-0.25, -0.2) is 14.8 Å². The van der Waals surface area contributed by atoms with E-state index in [-0.39, 0.29) is 43.1 Å². The molecule has 2 aliphatic heterocycles. The minimum absolute atomic E-state index is 0.0274. The first kappa shape index (κ1) is 29.9. The van der Waals surface area contributed by atoms with Crippen LogP contribution in [0.4, 0.5) is 10.5 Å². The van der Waals surface area contributed by atoms with Crippen molar-refractivity contribution in [2.24, 2.45) is 0 Å². The van der Waals surface area contributed by atoms with E-state index in [1.165, 1.54) is 0 Å². The van der Waals surface area contributed by atoms with E-state index in [1.807, 2.05) is 42.5 Å². The summed E-state index contributed by atoms with van der Waals surface area (Å²) in [6, 6.07) is 23.3. The van der Waals surface area contributed by atoms with Crippen LogP contribution in [-0.4, -0.2) is 88.7 Å². The molecule has 0 spiro atoms. The maximum atomic E-state index is 14.1. The Morgan fingerprint density at radius 2 is 1.70 bits per heavy atom. The van der Waals surface area contributed by atoms with Gasteiger partial charge in [0.2, 0.25) is 11.8 Å². The zero-order valence-electron chi connectivity index (χ0n) is 25.0. The van der Waals surface area contributed by atoms with Crippen molar-refractivity contribution in [3.05, 3.63) is 95.6 Å². The van der Waals surface area contributed by atoms with E-state index in [0.29, 0.717) is 13.1 Å². The van der Waals surface area contributed by atoms with Crippen molar-refractivity contribution in [3.8, 4) is 5.75 Å². The molecule has 0 aliphatic carbocycles. The van der Waals surface area contributed by atoms with Crippen LogP contribution < -0.4 is 10.2 Å². The standard InChI is InChI=1S/C33H40N6O4/c1-4-17-35(2)27-12-8-11-26(18-27)21-37-22-30-38(29(32(37)42)19-24-13-15-28(40)16-14-24)31(41)23-36(3)39(30)33(43)34-20-25-9-6-5-7-10-25/h5-16,18,29-30,40H,4,17,19-23H2,1-3H3,(H,34,43)/t29-,30?/m0/s1. The van der Waals surface area contributed by atoms with Gasteiger partial charge in [0, 0.05) is 45.8 Å². The number of nitrogens with one attached hydrogen (secondary N) is 1. The number of nitrogens with zero attached hydrogens (tertiary/aromatic N) is 5. The third-order valence-corrected chi connectivity index (χ3v) is 8.08. The number of rotatable bonds is 9. The number of phenols is 1. The lowest BCUT2D eigenvalue weighted by Gasteiger charge is -2.54. The molecule has 10 nitrogen and oxygen atoms in total. The van der Waals surface area contributed by atoms with Crippen LogP contribution in [0.3, 0.4) is 0 Å². The predicted octanol–water partition coefficient (Wildman–Crippen LogP) is 3.42. The molecule has 0 radical (unpaired) electrons. The first-order valence-electron chi connectivity index (χ1n) is 14.7. The molecule has 0 aromatic heterocycles. The number of phenolic OH excluding ortho intramolecular Hbond substituents is 1. The molecule has 1 unspecified atom stereocenters. The highest BCUT2D eigenvalue weighted by atomic mass is 16.3. The third-order valence-electron chi connectivity index (χ3n) is 8.08. The topological polar surface area (TPSA) is 99.7 Å². The zero-order chi connectivity index (χ0) is 30.5. The van der Waals surface area contributed by atoms with E-state index in [9.17, 15) is 19.5 Å². The SMILES string of the molecule is CCCN(C)c1cccc(CN2CC3N(C(=O)CN(C)N3C(=O)NCc3ccccc3)[C@@H](Cc3ccc(O)cc3)C2=O)c1. The summed E-state index contributed by atoms with van der Waals surface area (Å²) in [6.07, 6.45) is 0.596. The van der Waals surface area contributed by atoms with Crippen LogP contribution >= 0.6 is 0 Å². The zero-order valence-corrected chi connectivity index (χ0v) is 25.0. The highest BCUT2D eigenvalue weighted by Gasteiger charge is 2.50. The molecule has 43 heavy (non-hydrogen) atoms. The number of anilines is 1. The summed E-state index contributed by atoms with van der Waals surface area (Å²) in [6.45, 7) is 3.88.